The van der Waals surface area contributed by atoms with Gasteiger partial charge in [-0.15, -0.1) is 0 Å². The van der Waals surface area contributed by atoms with E-state index < -0.39 is 38.0 Å². The van der Waals surface area contributed by atoms with Gasteiger partial charge in [0.05, 0.1) is 18.5 Å². The second-order valence-corrected chi connectivity index (χ2v) is 18.4. The summed E-state index contributed by atoms with van der Waals surface area (Å²) in [7, 11) is -2.23. The number of rotatable bonds is 10. The standard InChI is InChI=1S/C34H43N5O5Si/c1-7-34(33(18-19-33)44-45(5,6)32(2,3)4)27(42-20-23-14-10-8-11-15-23)26(40)31(43-34)39-22-37-25-28(35-21-36-29(25)39)38-30(41)24-16-12-9-13-17-24/h8-17,21-22,26-27,31,40H,7,18-20H2,1-6H3,(H,35,36,38,41)/t26?,27?,31-,34+/m1/s1. The van der Waals surface area contributed by atoms with Crippen LogP contribution in [0.2, 0.25) is 18.1 Å². The van der Waals surface area contributed by atoms with Crippen LogP contribution in [0.1, 0.15) is 69.1 Å². The predicted octanol–water partition coefficient (Wildman–Crippen LogP) is 6.26. The number of anilines is 1. The molecular weight excluding hydrogens is 586 g/mol. The number of aliphatic hydroxyl groups is 1. The Morgan fingerprint density at radius 3 is 2.36 bits per heavy atom. The molecule has 3 heterocycles. The molecule has 238 valence electrons. The molecular formula is C34H43N5O5Si. The van der Waals surface area contributed by atoms with E-state index in [1.54, 1.807) is 35.2 Å². The van der Waals surface area contributed by atoms with Crippen LogP contribution in [0.3, 0.4) is 0 Å². The van der Waals surface area contributed by atoms with Crippen molar-refractivity contribution in [1.29, 1.82) is 0 Å². The molecule has 1 saturated heterocycles. The number of carbonyl (C=O) groups is 1. The molecule has 2 aromatic carbocycles. The van der Waals surface area contributed by atoms with Crippen molar-refractivity contribution in [3.8, 4) is 0 Å². The molecule has 1 aliphatic carbocycles. The third-order valence-corrected chi connectivity index (χ3v) is 14.3. The minimum atomic E-state index is -2.23. The zero-order valence-electron chi connectivity index (χ0n) is 26.9. The Kier molecular flexibility index (Phi) is 8.19. The Morgan fingerprint density at radius 2 is 1.73 bits per heavy atom. The fourth-order valence-corrected chi connectivity index (χ4v) is 7.89. The van der Waals surface area contributed by atoms with Crippen LogP contribution >= 0.6 is 0 Å². The van der Waals surface area contributed by atoms with Crippen molar-refractivity contribution >= 4 is 31.2 Å². The summed E-state index contributed by atoms with van der Waals surface area (Å²) >= 11 is 0. The summed E-state index contributed by atoms with van der Waals surface area (Å²) in [5.41, 5.74) is 0.819. The Morgan fingerprint density at radius 1 is 1.07 bits per heavy atom. The largest absolute Gasteiger partial charge is 0.408 e. The minimum absolute atomic E-state index is 0.00735. The first-order chi connectivity index (χ1) is 21.4. The number of nitrogens with zero attached hydrogens (tertiary/aromatic N) is 4. The van der Waals surface area contributed by atoms with Crippen molar-refractivity contribution < 1.29 is 23.8 Å². The molecule has 6 rings (SSSR count). The van der Waals surface area contributed by atoms with Gasteiger partial charge >= 0.3 is 0 Å². The van der Waals surface area contributed by atoms with E-state index in [2.05, 4.69) is 61.1 Å². The van der Waals surface area contributed by atoms with Gasteiger partial charge in [0.15, 0.2) is 31.5 Å². The predicted molar refractivity (Wildman–Crippen MR) is 174 cm³/mol. The van der Waals surface area contributed by atoms with Crippen LogP contribution in [0.4, 0.5) is 5.82 Å². The Hall–Kier alpha value is -3.48. The lowest BCUT2D eigenvalue weighted by Gasteiger charge is -2.47. The average Bonchev–Trinajstić information content (AvgIpc) is 3.56. The summed E-state index contributed by atoms with van der Waals surface area (Å²) in [4.78, 5) is 26.3. The number of benzene rings is 2. The van der Waals surface area contributed by atoms with Gasteiger partial charge in [0.2, 0.25) is 0 Å². The molecule has 45 heavy (non-hydrogen) atoms. The van der Waals surface area contributed by atoms with E-state index >= 15 is 0 Å². The maximum Gasteiger partial charge on any atom is 0.256 e. The second kappa shape index (κ2) is 11.7. The zero-order valence-corrected chi connectivity index (χ0v) is 27.9. The normalized spacial score (nSPS) is 24.6. The van der Waals surface area contributed by atoms with Crippen LogP contribution in [0.5, 0.6) is 0 Å². The molecule has 2 aromatic heterocycles. The van der Waals surface area contributed by atoms with Gasteiger partial charge in [-0.1, -0.05) is 76.2 Å². The molecule has 0 bridgehead atoms. The number of hydrogen-bond acceptors (Lipinski definition) is 8. The topological polar surface area (TPSA) is 121 Å². The first-order valence-electron chi connectivity index (χ1n) is 15.7. The molecule has 2 aliphatic rings. The summed E-state index contributed by atoms with van der Waals surface area (Å²) in [6, 6.07) is 18.9. The first kappa shape index (κ1) is 31.5. The molecule has 1 aliphatic heterocycles. The number of amides is 1. The van der Waals surface area contributed by atoms with E-state index in [9.17, 15) is 9.90 Å². The fourth-order valence-electron chi connectivity index (χ4n) is 6.23. The van der Waals surface area contributed by atoms with Crippen molar-refractivity contribution in [3.05, 3.63) is 84.4 Å². The molecule has 1 amide bonds. The van der Waals surface area contributed by atoms with Gasteiger partial charge in [-0.3, -0.25) is 9.36 Å². The highest BCUT2D eigenvalue weighted by molar-refractivity contribution is 6.74. The number of ether oxygens (including phenoxy) is 2. The SMILES string of the molecule is CC[C@]1(C2(O[Si](C)(C)C(C)(C)C)CC2)O[C@@H](n2cnc3c(NC(=O)c4ccccc4)ncnc32)C(O)C1OCc1ccccc1. The number of imidazole rings is 1. The second-order valence-electron chi connectivity index (χ2n) is 13.7. The van der Waals surface area contributed by atoms with Crippen molar-refractivity contribution in [3.63, 3.8) is 0 Å². The van der Waals surface area contributed by atoms with Gasteiger partial charge in [0.1, 0.15) is 24.1 Å². The van der Waals surface area contributed by atoms with Crippen LogP contribution in [-0.4, -0.2) is 62.3 Å². The van der Waals surface area contributed by atoms with E-state index in [1.807, 2.05) is 36.4 Å². The molecule has 1 saturated carbocycles. The highest BCUT2D eigenvalue weighted by Crippen LogP contribution is 2.61. The van der Waals surface area contributed by atoms with Crippen LogP contribution in [0.15, 0.2) is 73.3 Å². The highest BCUT2D eigenvalue weighted by Gasteiger charge is 2.72. The maximum absolute atomic E-state index is 12.9. The van der Waals surface area contributed by atoms with E-state index in [0.29, 0.717) is 29.8 Å². The van der Waals surface area contributed by atoms with Crippen LogP contribution in [0.25, 0.3) is 11.2 Å². The number of aromatic nitrogens is 4. The van der Waals surface area contributed by atoms with Gasteiger partial charge in [-0.05, 0) is 55.1 Å². The van der Waals surface area contributed by atoms with Crippen LogP contribution < -0.4 is 5.32 Å². The van der Waals surface area contributed by atoms with Gasteiger partial charge in [0, 0.05) is 5.56 Å². The van der Waals surface area contributed by atoms with E-state index in [4.69, 9.17) is 13.9 Å². The number of fused-ring (bicyclic) bond motifs is 1. The zero-order chi connectivity index (χ0) is 32.0. The third-order valence-electron chi connectivity index (χ3n) is 9.82. The number of carbonyl (C=O) groups excluding carboxylic acids is 1. The van der Waals surface area contributed by atoms with Crippen molar-refractivity contribution in [2.75, 3.05) is 5.32 Å². The summed E-state index contributed by atoms with van der Waals surface area (Å²) in [5.74, 6) is -0.0289. The molecule has 0 spiro atoms. The molecule has 0 radical (unpaired) electrons. The lowest BCUT2D eigenvalue weighted by molar-refractivity contribution is -0.184. The summed E-state index contributed by atoms with van der Waals surface area (Å²) in [6.07, 6.45) is 2.58. The Balaban J connectivity index is 1.37. The van der Waals surface area contributed by atoms with Crippen molar-refractivity contribution in [2.45, 2.75) is 101 Å². The first-order valence-corrected chi connectivity index (χ1v) is 18.6. The summed E-state index contributed by atoms with van der Waals surface area (Å²) < 4.78 is 22.6. The average molecular weight is 630 g/mol. The summed E-state index contributed by atoms with van der Waals surface area (Å²) in [5, 5.41) is 14.9. The molecule has 2 unspecified atom stereocenters. The Bertz CT molecular complexity index is 1650. The van der Waals surface area contributed by atoms with E-state index in [1.165, 1.54) is 6.33 Å². The minimum Gasteiger partial charge on any atom is -0.408 e. The lowest BCUT2D eigenvalue weighted by Crippen LogP contribution is -2.60. The number of hydrogen-bond donors (Lipinski definition) is 2. The molecule has 2 fully saturated rings. The van der Waals surface area contributed by atoms with Gasteiger partial charge in [-0.25, -0.2) is 15.0 Å². The third kappa shape index (κ3) is 5.61. The van der Waals surface area contributed by atoms with E-state index in [0.717, 1.165) is 18.4 Å². The smallest absolute Gasteiger partial charge is 0.256 e. The molecule has 11 heteroatoms. The fraction of sp³-hybridized carbons (Fsp3) is 0.471. The van der Waals surface area contributed by atoms with Crippen molar-refractivity contribution in [2.24, 2.45) is 0 Å². The molecule has 10 nitrogen and oxygen atoms in total. The molecule has 4 aromatic rings. The van der Waals surface area contributed by atoms with Gasteiger partial charge in [0.25, 0.3) is 5.91 Å². The lowest BCUT2D eigenvalue weighted by atomic mass is 9.84. The maximum atomic E-state index is 12.9. The quantitative estimate of drug-likeness (QED) is 0.197. The van der Waals surface area contributed by atoms with Crippen LogP contribution in [0, 0.1) is 0 Å². The van der Waals surface area contributed by atoms with Gasteiger partial charge in [-0.2, -0.15) is 0 Å². The van der Waals surface area contributed by atoms with Gasteiger partial charge < -0.3 is 24.3 Å². The number of aliphatic hydroxyl groups excluding tert-OH is 1. The van der Waals surface area contributed by atoms with Crippen molar-refractivity contribution in [1.82, 2.24) is 19.5 Å². The van der Waals surface area contributed by atoms with Crippen LogP contribution in [-0.2, 0) is 20.5 Å². The monoisotopic (exact) mass is 629 g/mol. The molecule has 2 N–H and O–H groups in total. The van der Waals surface area contributed by atoms with E-state index in [-0.39, 0.29) is 16.8 Å². The summed E-state index contributed by atoms with van der Waals surface area (Å²) in [6.45, 7) is 13.6. The number of nitrogens with one attached hydrogen (secondary N) is 1. The Labute approximate surface area is 265 Å². The molecule has 4 atom stereocenters. The highest BCUT2D eigenvalue weighted by atomic mass is 28.4.